The molecule has 0 saturated carbocycles. The number of ether oxygens (including phenoxy) is 3. The molecule has 0 heterocycles. The number of carbonyl (C=O) groups is 1. The van der Waals surface area contributed by atoms with Gasteiger partial charge < -0.3 is 14.2 Å². The van der Waals surface area contributed by atoms with Crippen molar-refractivity contribution >= 4 is 12.0 Å². The van der Waals surface area contributed by atoms with Gasteiger partial charge >= 0.3 is 5.97 Å². The molecule has 1 aromatic rings. The third-order valence-electron chi connectivity index (χ3n) is 2.64. The zero-order valence-corrected chi connectivity index (χ0v) is 13.4. The molecule has 22 heavy (non-hydrogen) atoms. The van der Waals surface area contributed by atoms with E-state index in [1.54, 1.807) is 39.2 Å². The van der Waals surface area contributed by atoms with Gasteiger partial charge in [-0.25, -0.2) is 4.79 Å². The van der Waals surface area contributed by atoms with Crippen molar-refractivity contribution in [3.8, 4) is 17.6 Å². The highest BCUT2D eigenvalue weighted by Gasteiger charge is 2.13. The third kappa shape index (κ3) is 5.13. The van der Waals surface area contributed by atoms with Crippen LogP contribution >= 0.6 is 0 Å². The van der Waals surface area contributed by atoms with Crippen LogP contribution in [0.4, 0.5) is 0 Å². The largest absolute Gasteiger partial charge is 0.493 e. The maximum absolute atomic E-state index is 11.8. The number of rotatable bonds is 7. The van der Waals surface area contributed by atoms with Crippen molar-refractivity contribution in [3.05, 3.63) is 29.3 Å². The van der Waals surface area contributed by atoms with Crippen LogP contribution in [-0.4, -0.2) is 25.8 Å². The molecule has 0 aliphatic carbocycles. The van der Waals surface area contributed by atoms with Gasteiger partial charge in [0.2, 0.25) is 0 Å². The molecule has 5 heteroatoms. The highest BCUT2D eigenvalue weighted by Crippen LogP contribution is 2.29. The van der Waals surface area contributed by atoms with E-state index < -0.39 is 5.97 Å². The molecule has 0 unspecified atom stereocenters. The summed E-state index contributed by atoms with van der Waals surface area (Å²) in [4.78, 5) is 11.8. The summed E-state index contributed by atoms with van der Waals surface area (Å²) in [6, 6.07) is 7.08. The molecule has 1 rings (SSSR count). The van der Waals surface area contributed by atoms with Gasteiger partial charge in [0, 0.05) is 0 Å². The summed E-state index contributed by atoms with van der Waals surface area (Å²) in [5.74, 6) is 0.546. The lowest BCUT2D eigenvalue weighted by molar-refractivity contribution is -0.142. The first-order chi connectivity index (χ1) is 10.5. The van der Waals surface area contributed by atoms with Crippen LogP contribution in [0.15, 0.2) is 23.8 Å². The number of nitrogens with zero attached hydrogens (tertiary/aromatic N) is 1. The minimum atomic E-state index is -0.636. The van der Waals surface area contributed by atoms with Gasteiger partial charge in [0.15, 0.2) is 11.5 Å². The van der Waals surface area contributed by atoms with Gasteiger partial charge in [0.1, 0.15) is 11.6 Å². The number of hydrogen-bond donors (Lipinski definition) is 0. The van der Waals surface area contributed by atoms with Gasteiger partial charge in [-0.2, -0.15) is 5.26 Å². The van der Waals surface area contributed by atoms with Gasteiger partial charge in [-0.3, -0.25) is 0 Å². The molecule has 0 aliphatic heterocycles. The van der Waals surface area contributed by atoms with Gasteiger partial charge in [-0.15, -0.1) is 0 Å². The van der Waals surface area contributed by atoms with Crippen molar-refractivity contribution in [1.29, 1.82) is 5.26 Å². The van der Waals surface area contributed by atoms with Crippen molar-refractivity contribution in [1.82, 2.24) is 0 Å². The summed E-state index contributed by atoms with van der Waals surface area (Å²) in [6.07, 6.45) is 2.09. The van der Waals surface area contributed by atoms with Gasteiger partial charge in [-0.1, -0.05) is 13.0 Å². The van der Waals surface area contributed by atoms with Crippen LogP contribution in [0.1, 0.15) is 32.8 Å². The first kappa shape index (κ1) is 17.6. The van der Waals surface area contributed by atoms with Crippen LogP contribution in [0.5, 0.6) is 11.5 Å². The molecule has 0 aliphatic rings. The van der Waals surface area contributed by atoms with Crippen LogP contribution in [-0.2, 0) is 9.53 Å². The molecule has 0 N–H and O–H groups in total. The highest BCUT2D eigenvalue weighted by atomic mass is 16.5. The molecule has 0 atom stereocenters. The fraction of sp³-hybridized carbons (Fsp3) is 0.412. The summed E-state index contributed by atoms with van der Waals surface area (Å²) in [6.45, 7) is 6.07. The predicted molar refractivity (Wildman–Crippen MR) is 83.6 cm³/mol. The van der Waals surface area contributed by atoms with E-state index in [1.165, 1.54) is 6.08 Å². The molecule has 1 aromatic carbocycles. The van der Waals surface area contributed by atoms with Gasteiger partial charge in [0.25, 0.3) is 0 Å². The summed E-state index contributed by atoms with van der Waals surface area (Å²) in [5, 5.41) is 9.09. The first-order valence-electron chi connectivity index (χ1n) is 7.15. The zero-order valence-electron chi connectivity index (χ0n) is 13.4. The molecule has 0 saturated heterocycles. The van der Waals surface area contributed by atoms with Crippen LogP contribution in [0.2, 0.25) is 0 Å². The van der Waals surface area contributed by atoms with E-state index in [-0.39, 0.29) is 11.7 Å². The Hall–Kier alpha value is -2.48. The number of methoxy groups -OCH3 is 1. The molecule has 0 fully saturated rings. The van der Waals surface area contributed by atoms with Crippen molar-refractivity contribution in [2.24, 2.45) is 0 Å². The summed E-state index contributed by atoms with van der Waals surface area (Å²) in [7, 11) is 1.54. The zero-order chi connectivity index (χ0) is 16.5. The second kappa shape index (κ2) is 8.73. The van der Waals surface area contributed by atoms with Crippen molar-refractivity contribution in [2.75, 3.05) is 13.7 Å². The fourth-order valence-electron chi connectivity index (χ4n) is 1.69. The molecular formula is C17H21NO4. The number of benzene rings is 1. The Morgan fingerprint density at radius 3 is 2.64 bits per heavy atom. The summed E-state index contributed by atoms with van der Waals surface area (Å²) < 4.78 is 15.9. The Morgan fingerprint density at radius 2 is 2.09 bits per heavy atom. The SMILES string of the molecule is CCCOc1ccc(/C=C(\C#N)C(=O)OC(C)C)cc1OC. The van der Waals surface area contributed by atoms with Crippen molar-refractivity contribution < 1.29 is 19.0 Å². The van der Waals surface area contributed by atoms with E-state index in [0.717, 1.165) is 6.42 Å². The Labute approximate surface area is 131 Å². The fourth-order valence-corrected chi connectivity index (χ4v) is 1.69. The van der Waals surface area contributed by atoms with Crippen LogP contribution in [0.3, 0.4) is 0 Å². The normalized spacial score (nSPS) is 11.0. The lowest BCUT2D eigenvalue weighted by atomic mass is 10.1. The first-order valence-corrected chi connectivity index (χ1v) is 7.15. The predicted octanol–water partition coefficient (Wildman–Crippen LogP) is 3.34. The van der Waals surface area contributed by atoms with E-state index >= 15 is 0 Å². The number of esters is 1. The maximum atomic E-state index is 11.8. The third-order valence-corrected chi connectivity index (χ3v) is 2.64. The summed E-state index contributed by atoms with van der Waals surface area (Å²) >= 11 is 0. The molecule has 0 bridgehead atoms. The molecule has 0 amide bonds. The highest BCUT2D eigenvalue weighted by molar-refractivity contribution is 5.98. The van der Waals surface area contributed by atoms with Crippen molar-refractivity contribution in [2.45, 2.75) is 33.3 Å². The molecule has 0 spiro atoms. The average Bonchev–Trinajstić information content (AvgIpc) is 2.50. The van der Waals surface area contributed by atoms with E-state index in [0.29, 0.717) is 23.7 Å². The molecular weight excluding hydrogens is 282 g/mol. The monoisotopic (exact) mass is 303 g/mol. The summed E-state index contributed by atoms with van der Waals surface area (Å²) in [5.41, 5.74) is 0.607. The average molecular weight is 303 g/mol. The van der Waals surface area contributed by atoms with Crippen LogP contribution < -0.4 is 9.47 Å². The number of carbonyl (C=O) groups excluding carboxylic acids is 1. The minimum Gasteiger partial charge on any atom is -0.493 e. The van der Waals surface area contributed by atoms with E-state index in [9.17, 15) is 4.79 Å². The van der Waals surface area contributed by atoms with E-state index in [2.05, 4.69) is 0 Å². The van der Waals surface area contributed by atoms with Crippen LogP contribution in [0, 0.1) is 11.3 Å². The second-order valence-corrected chi connectivity index (χ2v) is 4.88. The quantitative estimate of drug-likeness (QED) is 0.439. The van der Waals surface area contributed by atoms with Gasteiger partial charge in [0.05, 0.1) is 19.8 Å². The molecule has 5 nitrogen and oxygen atoms in total. The molecule has 0 aromatic heterocycles. The Morgan fingerprint density at radius 1 is 1.36 bits per heavy atom. The maximum Gasteiger partial charge on any atom is 0.349 e. The molecule has 0 radical (unpaired) electrons. The van der Waals surface area contributed by atoms with Gasteiger partial charge in [-0.05, 0) is 44.0 Å². The second-order valence-electron chi connectivity index (χ2n) is 4.88. The Bertz CT molecular complexity index is 585. The van der Waals surface area contributed by atoms with E-state index in [4.69, 9.17) is 19.5 Å². The smallest absolute Gasteiger partial charge is 0.349 e. The van der Waals surface area contributed by atoms with Crippen molar-refractivity contribution in [3.63, 3.8) is 0 Å². The molecule has 118 valence electrons. The van der Waals surface area contributed by atoms with Crippen LogP contribution in [0.25, 0.3) is 6.08 Å². The van der Waals surface area contributed by atoms with E-state index in [1.807, 2.05) is 13.0 Å². The Kier molecular flexibility index (Phi) is 6.97. The standard InChI is InChI=1S/C17H21NO4/c1-5-8-21-15-7-6-13(10-16(15)20-4)9-14(11-18)17(19)22-12(2)3/h6-7,9-10,12H,5,8H2,1-4H3/b14-9+. The lowest BCUT2D eigenvalue weighted by Crippen LogP contribution is -2.12. The number of hydrogen-bond acceptors (Lipinski definition) is 5. The Balaban J connectivity index is 3.03. The lowest BCUT2D eigenvalue weighted by Gasteiger charge is -2.11. The minimum absolute atomic E-state index is 0.0574. The topological polar surface area (TPSA) is 68.5 Å². The number of nitriles is 1.